The predicted molar refractivity (Wildman–Crippen MR) is 105 cm³/mol. The van der Waals surface area contributed by atoms with Crippen molar-refractivity contribution in [1.29, 1.82) is 0 Å². The quantitative estimate of drug-likeness (QED) is 0.539. The van der Waals surface area contributed by atoms with E-state index >= 15 is 0 Å². The van der Waals surface area contributed by atoms with Crippen LogP contribution >= 0.6 is 0 Å². The Balaban J connectivity index is 1.52. The van der Waals surface area contributed by atoms with E-state index in [4.69, 9.17) is 4.99 Å². The maximum atomic E-state index is 11.7. The highest BCUT2D eigenvalue weighted by Gasteiger charge is 2.42. The number of aliphatic imine (C=N–C) groups is 1. The van der Waals surface area contributed by atoms with E-state index in [0.29, 0.717) is 6.42 Å². The molecule has 1 atom stereocenters. The maximum absolute atomic E-state index is 11.7. The average molecular weight is 365 g/mol. The molecule has 0 aromatic heterocycles. The Kier molecular flexibility index (Phi) is 6.75. The maximum Gasteiger partial charge on any atom is 0.220 e. The molecule has 0 saturated carbocycles. The smallest absolute Gasteiger partial charge is 0.220 e. The summed E-state index contributed by atoms with van der Waals surface area (Å²) in [6, 6.07) is 0. The fraction of sp³-hybridized carbons (Fsp3) is 0.895. The Morgan fingerprint density at radius 3 is 2.62 bits per heavy atom. The van der Waals surface area contributed by atoms with Crippen molar-refractivity contribution in [3.05, 3.63) is 0 Å². The summed E-state index contributed by atoms with van der Waals surface area (Å²) in [6.45, 7) is 15.7. The van der Waals surface area contributed by atoms with Crippen molar-refractivity contribution in [3.8, 4) is 0 Å². The first kappa shape index (κ1) is 19.4. The van der Waals surface area contributed by atoms with Gasteiger partial charge in [0.25, 0.3) is 0 Å². The van der Waals surface area contributed by atoms with E-state index in [1.54, 1.807) is 0 Å². The minimum atomic E-state index is 0.113. The highest BCUT2D eigenvalue weighted by Crippen LogP contribution is 2.35. The van der Waals surface area contributed by atoms with E-state index < -0.39 is 0 Å². The van der Waals surface area contributed by atoms with E-state index in [1.807, 2.05) is 0 Å². The molecule has 3 fully saturated rings. The van der Waals surface area contributed by atoms with E-state index in [2.05, 4.69) is 39.2 Å². The highest BCUT2D eigenvalue weighted by atomic mass is 16.1. The molecule has 1 amide bonds. The zero-order valence-corrected chi connectivity index (χ0v) is 16.6. The van der Waals surface area contributed by atoms with Gasteiger partial charge in [0.15, 0.2) is 5.96 Å². The summed E-state index contributed by atoms with van der Waals surface area (Å²) in [7, 11) is 0. The summed E-state index contributed by atoms with van der Waals surface area (Å²) in [5.74, 6) is 1.23. The normalized spacial score (nSPS) is 28.6. The van der Waals surface area contributed by atoms with Crippen LogP contribution in [0.5, 0.6) is 0 Å². The van der Waals surface area contributed by atoms with Gasteiger partial charge in [0.2, 0.25) is 5.91 Å². The number of hydrogen-bond acceptors (Lipinski definition) is 4. The molecule has 0 aromatic rings. The van der Waals surface area contributed by atoms with Crippen LogP contribution < -0.4 is 10.6 Å². The van der Waals surface area contributed by atoms with Crippen molar-refractivity contribution in [2.45, 2.75) is 33.1 Å². The molecule has 3 rings (SSSR count). The van der Waals surface area contributed by atoms with Crippen molar-refractivity contribution in [2.75, 3.05) is 72.0 Å². The van der Waals surface area contributed by atoms with Crippen LogP contribution in [0.1, 0.15) is 33.1 Å². The zero-order valence-electron chi connectivity index (χ0n) is 16.6. The minimum Gasteiger partial charge on any atom is -0.357 e. The number of carbonyl (C=O) groups is 1. The van der Waals surface area contributed by atoms with E-state index in [1.165, 1.54) is 13.1 Å². The monoisotopic (exact) mass is 364 g/mol. The Hall–Kier alpha value is -1.34. The van der Waals surface area contributed by atoms with Gasteiger partial charge in [0, 0.05) is 70.7 Å². The number of guanidine groups is 1. The molecule has 0 aromatic carbocycles. The Morgan fingerprint density at radius 2 is 1.96 bits per heavy atom. The fourth-order valence-corrected chi connectivity index (χ4v) is 4.48. The van der Waals surface area contributed by atoms with Crippen LogP contribution in [0.2, 0.25) is 0 Å². The molecule has 148 valence electrons. The van der Waals surface area contributed by atoms with Gasteiger partial charge in [0.05, 0.1) is 6.54 Å². The lowest BCUT2D eigenvalue weighted by molar-refractivity contribution is -0.119. The first-order valence-electron chi connectivity index (χ1n) is 10.4. The van der Waals surface area contributed by atoms with Crippen LogP contribution in [0.3, 0.4) is 0 Å². The number of likely N-dealkylation sites (tertiary alicyclic amines) is 1. The zero-order chi connectivity index (χ0) is 18.4. The first-order valence-corrected chi connectivity index (χ1v) is 10.4. The molecule has 0 radical (unpaired) electrons. The number of carbonyl (C=O) groups excluding carboxylic acids is 1. The van der Waals surface area contributed by atoms with Gasteiger partial charge in [0.1, 0.15) is 0 Å². The van der Waals surface area contributed by atoms with Crippen LogP contribution in [-0.2, 0) is 4.79 Å². The Morgan fingerprint density at radius 1 is 1.19 bits per heavy atom. The lowest BCUT2D eigenvalue weighted by atomic mass is 9.79. The van der Waals surface area contributed by atoms with Crippen molar-refractivity contribution >= 4 is 11.9 Å². The molecule has 3 saturated heterocycles. The number of rotatable bonds is 5. The molecule has 7 heteroatoms. The van der Waals surface area contributed by atoms with Gasteiger partial charge in [-0.15, -0.1) is 0 Å². The summed E-state index contributed by atoms with van der Waals surface area (Å²) in [4.78, 5) is 24.1. The van der Waals surface area contributed by atoms with Crippen molar-refractivity contribution in [2.24, 2.45) is 10.4 Å². The topological polar surface area (TPSA) is 63.2 Å². The number of likely N-dealkylation sites (N-methyl/N-ethyl adjacent to an activating group) is 1. The molecule has 7 nitrogen and oxygen atoms in total. The van der Waals surface area contributed by atoms with E-state index in [0.717, 1.165) is 77.7 Å². The molecule has 1 unspecified atom stereocenters. The Labute approximate surface area is 158 Å². The third kappa shape index (κ3) is 4.88. The van der Waals surface area contributed by atoms with E-state index in [9.17, 15) is 4.79 Å². The highest BCUT2D eigenvalue weighted by molar-refractivity contribution is 5.81. The lowest BCUT2D eigenvalue weighted by Crippen LogP contribution is -2.51. The van der Waals surface area contributed by atoms with Gasteiger partial charge >= 0.3 is 0 Å². The molecular weight excluding hydrogens is 328 g/mol. The largest absolute Gasteiger partial charge is 0.357 e. The molecular formula is C19H36N6O. The van der Waals surface area contributed by atoms with Crippen LogP contribution in [0.4, 0.5) is 0 Å². The molecule has 3 aliphatic heterocycles. The number of hydrogen-bond donors (Lipinski definition) is 2. The number of nitrogens with zero attached hydrogens (tertiary/aromatic N) is 4. The molecule has 3 aliphatic rings. The lowest BCUT2D eigenvalue weighted by Gasteiger charge is -2.41. The van der Waals surface area contributed by atoms with Crippen molar-refractivity contribution in [3.63, 3.8) is 0 Å². The average Bonchev–Trinajstić information content (AvgIpc) is 3.01. The van der Waals surface area contributed by atoms with E-state index in [-0.39, 0.29) is 11.3 Å². The molecule has 0 bridgehead atoms. The second-order valence-corrected chi connectivity index (χ2v) is 7.99. The van der Waals surface area contributed by atoms with Crippen LogP contribution in [0, 0.1) is 5.41 Å². The number of amides is 1. The predicted octanol–water partition coefficient (Wildman–Crippen LogP) is 0.192. The van der Waals surface area contributed by atoms with Gasteiger partial charge in [-0.2, -0.15) is 0 Å². The minimum absolute atomic E-state index is 0.113. The van der Waals surface area contributed by atoms with Gasteiger partial charge < -0.3 is 20.4 Å². The third-order valence-electron chi connectivity index (χ3n) is 6.08. The van der Waals surface area contributed by atoms with Gasteiger partial charge in [-0.05, 0) is 26.3 Å². The van der Waals surface area contributed by atoms with Crippen molar-refractivity contribution in [1.82, 2.24) is 25.3 Å². The third-order valence-corrected chi connectivity index (χ3v) is 6.08. The summed E-state index contributed by atoms with van der Waals surface area (Å²) < 4.78 is 0. The second-order valence-electron chi connectivity index (χ2n) is 7.99. The van der Waals surface area contributed by atoms with Crippen LogP contribution in [0.15, 0.2) is 4.99 Å². The van der Waals surface area contributed by atoms with Crippen LogP contribution in [-0.4, -0.2) is 98.6 Å². The second kappa shape index (κ2) is 9.04. The summed E-state index contributed by atoms with van der Waals surface area (Å²) >= 11 is 0. The van der Waals surface area contributed by atoms with Gasteiger partial charge in [-0.3, -0.25) is 14.7 Å². The molecule has 3 heterocycles. The molecule has 26 heavy (non-hydrogen) atoms. The Bertz CT molecular complexity index is 502. The molecule has 0 aliphatic carbocycles. The standard InChI is InChI=1S/C19H36N6O/c1-3-20-18(21-7-9-24-12-10-23(4-2)11-13-24)25-8-5-6-19(16-25)14-17(26)22-15-19/h3-16H2,1-2H3,(H,20,21)(H,22,26). The number of nitrogens with one attached hydrogen (secondary N) is 2. The summed E-state index contributed by atoms with van der Waals surface area (Å²) in [5, 5.41) is 6.50. The number of piperidine rings is 1. The van der Waals surface area contributed by atoms with Crippen LogP contribution in [0.25, 0.3) is 0 Å². The van der Waals surface area contributed by atoms with Crippen molar-refractivity contribution < 1.29 is 4.79 Å². The van der Waals surface area contributed by atoms with Gasteiger partial charge in [-0.25, -0.2) is 0 Å². The fourth-order valence-electron chi connectivity index (χ4n) is 4.48. The number of piperazine rings is 1. The molecule has 2 N–H and O–H groups in total. The van der Waals surface area contributed by atoms with Gasteiger partial charge in [-0.1, -0.05) is 6.92 Å². The first-order chi connectivity index (χ1) is 12.6. The molecule has 1 spiro atoms. The SMILES string of the molecule is CCNC(=NCCN1CCN(CC)CC1)N1CCCC2(CNC(=O)C2)C1. The summed E-state index contributed by atoms with van der Waals surface area (Å²) in [5.41, 5.74) is 0.113. The summed E-state index contributed by atoms with van der Waals surface area (Å²) in [6.07, 6.45) is 2.95.